The van der Waals surface area contributed by atoms with Crippen molar-refractivity contribution in [1.29, 1.82) is 0 Å². The average Bonchev–Trinajstić information content (AvgIpc) is 2.60. The van der Waals surface area contributed by atoms with Crippen molar-refractivity contribution in [2.75, 3.05) is 31.2 Å². The zero-order valence-electron chi connectivity index (χ0n) is 14.0. The van der Waals surface area contributed by atoms with Crippen LogP contribution in [0.2, 0.25) is 0 Å². The van der Waals surface area contributed by atoms with Gasteiger partial charge in [-0.25, -0.2) is 9.97 Å². The lowest BCUT2D eigenvalue weighted by Crippen LogP contribution is -2.37. The summed E-state index contributed by atoms with van der Waals surface area (Å²) in [6, 6.07) is 5.86. The highest BCUT2D eigenvalue weighted by Crippen LogP contribution is 2.12. The van der Waals surface area contributed by atoms with E-state index in [-0.39, 0.29) is 5.78 Å². The second-order valence-corrected chi connectivity index (χ2v) is 5.99. The Morgan fingerprint density at radius 1 is 1.08 bits per heavy atom. The molecule has 0 aliphatic carbocycles. The van der Waals surface area contributed by atoms with Crippen LogP contribution in [0.3, 0.4) is 0 Å². The second-order valence-electron chi connectivity index (χ2n) is 5.99. The van der Waals surface area contributed by atoms with E-state index in [2.05, 4.69) is 20.9 Å². The van der Waals surface area contributed by atoms with Gasteiger partial charge in [0.25, 0.3) is 0 Å². The largest absolute Gasteiger partial charge is 0.378 e. The van der Waals surface area contributed by atoms with Crippen LogP contribution in [-0.4, -0.2) is 42.1 Å². The van der Waals surface area contributed by atoms with Crippen LogP contribution in [0.1, 0.15) is 27.0 Å². The van der Waals surface area contributed by atoms with Gasteiger partial charge in [-0.2, -0.15) is 0 Å². The molecule has 1 aromatic carbocycles. The van der Waals surface area contributed by atoms with Crippen LogP contribution in [0.4, 0.5) is 5.95 Å². The quantitative estimate of drug-likeness (QED) is 0.640. The van der Waals surface area contributed by atoms with E-state index >= 15 is 0 Å². The molecule has 1 fully saturated rings. The SMILES string of the molecule is Cc1cc(C)cc(C(=O)/C=C/c2cnc(N3CCOCC3)nc2)c1. The summed E-state index contributed by atoms with van der Waals surface area (Å²) in [5, 5.41) is 0. The number of morpholine rings is 1. The molecule has 124 valence electrons. The van der Waals surface area contributed by atoms with E-state index in [1.165, 1.54) is 0 Å². The van der Waals surface area contributed by atoms with Gasteiger partial charge in [-0.15, -0.1) is 0 Å². The molecule has 2 heterocycles. The van der Waals surface area contributed by atoms with Crippen molar-refractivity contribution >= 4 is 17.8 Å². The highest BCUT2D eigenvalue weighted by Gasteiger charge is 2.13. The number of aromatic nitrogens is 2. The summed E-state index contributed by atoms with van der Waals surface area (Å²) in [6.07, 6.45) is 6.80. The Morgan fingerprint density at radius 2 is 1.71 bits per heavy atom. The number of rotatable bonds is 4. The van der Waals surface area contributed by atoms with Gasteiger partial charge in [0, 0.05) is 36.6 Å². The Kier molecular flexibility index (Phi) is 5.01. The van der Waals surface area contributed by atoms with Gasteiger partial charge in [0.2, 0.25) is 5.95 Å². The lowest BCUT2D eigenvalue weighted by atomic mass is 10.0. The van der Waals surface area contributed by atoms with Crippen molar-refractivity contribution in [2.45, 2.75) is 13.8 Å². The summed E-state index contributed by atoms with van der Waals surface area (Å²) >= 11 is 0. The molecule has 3 rings (SSSR count). The molecule has 0 spiro atoms. The number of hydrogen-bond acceptors (Lipinski definition) is 5. The fourth-order valence-electron chi connectivity index (χ4n) is 2.73. The zero-order chi connectivity index (χ0) is 16.9. The van der Waals surface area contributed by atoms with Gasteiger partial charge in [-0.05, 0) is 38.1 Å². The summed E-state index contributed by atoms with van der Waals surface area (Å²) in [6.45, 7) is 7.00. The van der Waals surface area contributed by atoms with Crippen LogP contribution in [-0.2, 0) is 4.74 Å². The molecule has 1 saturated heterocycles. The Bertz CT molecular complexity index is 727. The van der Waals surface area contributed by atoms with Gasteiger partial charge >= 0.3 is 0 Å². The molecule has 5 nitrogen and oxygen atoms in total. The molecular weight excluding hydrogens is 302 g/mol. The molecule has 0 saturated carbocycles. The maximum atomic E-state index is 12.3. The number of carbonyl (C=O) groups excluding carboxylic acids is 1. The van der Waals surface area contributed by atoms with Crippen LogP contribution in [0.5, 0.6) is 0 Å². The Labute approximate surface area is 142 Å². The highest BCUT2D eigenvalue weighted by molar-refractivity contribution is 6.07. The summed E-state index contributed by atoms with van der Waals surface area (Å²) in [7, 11) is 0. The van der Waals surface area contributed by atoms with Gasteiger partial charge in [0.05, 0.1) is 13.2 Å². The van der Waals surface area contributed by atoms with E-state index in [0.29, 0.717) is 24.7 Å². The van der Waals surface area contributed by atoms with Crippen molar-refractivity contribution < 1.29 is 9.53 Å². The standard InChI is InChI=1S/C19H21N3O2/c1-14-9-15(2)11-17(10-14)18(23)4-3-16-12-20-19(21-13-16)22-5-7-24-8-6-22/h3-4,9-13H,5-8H2,1-2H3/b4-3+. The Balaban J connectivity index is 1.68. The molecule has 5 heteroatoms. The molecule has 0 unspecified atom stereocenters. The van der Waals surface area contributed by atoms with Crippen molar-refractivity contribution in [3.63, 3.8) is 0 Å². The lowest BCUT2D eigenvalue weighted by Gasteiger charge is -2.26. The van der Waals surface area contributed by atoms with Crippen molar-refractivity contribution in [2.24, 2.45) is 0 Å². The van der Waals surface area contributed by atoms with E-state index < -0.39 is 0 Å². The van der Waals surface area contributed by atoms with E-state index in [4.69, 9.17) is 4.74 Å². The smallest absolute Gasteiger partial charge is 0.225 e. The summed E-state index contributed by atoms with van der Waals surface area (Å²) < 4.78 is 5.32. The fourth-order valence-corrected chi connectivity index (χ4v) is 2.73. The molecule has 1 aromatic heterocycles. The molecule has 0 amide bonds. The minimum absolute atomic E-state index is 0.0148. The molecule has 0 radical (unpaired) electrons. The zero-order valence-corrected chi connectivity index (χ0v) is 14.0. The highest BCUT2D eigenvalue weighted by atomic mass is 16.5. The second kappa shape index (κ2) is 7.36. The van der Waals surface area contributed by atoms with E-state index in [1.807, 2.05) is 26.0 Å². The number of anilines is 1. The third-order valence-electron chi connectivity index (χ3n) is 3.89. The molecule has 1 aliphatic rings. The third-order valence-corrected chi connectivity index (χ3v) is 3.89. The third kappa shape index (κ3) is 4.06. The van der Waals surface area contributed by atoms with Gasteiger partial charge in [0.1, 0.15) is 0 Å². The van der Waals surface area contributed by atoms with Gasteiger partial charge in [-0.3, -0.25) is 4.79 Å². The molecule has 24 heavy (non-hydrogen) atoms. The summed E-state index contributed by atoms with van der Waals surface area (Å²) in [5.41, 5.74) is 3.69. The molecule has 1 aliphatic heterocycles. The van der Waals surface area contributed by atoms with Gasteiger partial charge in [0.15, 0.2) is 5.78 Å². The molecular formula is C19H21N3O2. The fraction of sp³-hybridized carbons (Fsp3) is 0.316. The van der Waals surface area contributed by atoms with E-state index in [0.717, 1.165) is 29.8 Å². The lowest BCUT2D eigenvalue weighted by molar-refractivity contribution is 0.104. The minimum atomic E-state index is -0.0148. The topological polar surface area (TPSA) is 55.3 Å². The Hall–Kier alpha value is -2.53. The van der Waals surface area contributed by atoms with Gasteiger partial charge < -0.3 is 9.64 Å². The summed E-state index contributed by atoms with van der Waals surface area (Å²) in [5.74, 6) is 0.690. The van der Waals surface area contributed by atoms with Crippen LogP contribution >= 0.6 is 0 Å². The number of hydrogen-bond donors (Lipinski definition) is 0. The predicted molar refractivity (Wildman–Crippen MR) is 94.3 cm³/mol. The molecule has 0 bridgehead atoms. The van der Waals surface area contributed by atoms with Crippen molar-refractivity contribution in [3.8, 4) is 0 Å². The molecule has 0 atom stereocenters. The number of aryl methyl sites for hydroxylation is 2. The first-order chi connectivity index (χ1) is 11.6. The van der Waals surface area contributed by atoms with Crippen molar-refractivity contribution in [1.82, 2.24) is 9.97 Å². The maximum Gasteiger partial charge on any atom is 0.225 e. The molecule has 2 aromatic rings. The maximum absolute atomic E-state index is 12.3. The van der Waals surface area contributed by atoms with Gasteiger partial charge in [-0.1, -0.05) is 17.2 Å². The van der Waals surface area contributed by atoms with Crippen LogP contribution in [0.15, 0.2) is 36.7 Å². The average molecular weight is 323 g/mol. The predicted octanol–water partition coefficient (Wildman–Crippen LogP) is 2.83. The number of allylic oxidation sites excluding steroid dienone is 1. The van der Waals surface area contributed by atoms with Crippen LogP contribution in [0, 0.1) is 13.8 Å². The van der Waals surface area contributed by atoms with E-state index in [1.54, 1.807) is 24.5 Å². The normalized spacial score (nSPS) is 15.0. The first kappa shape index (κ1) is 16.3. The Morgan fingerprint density at radius 3 is 2.33 bits per heavy atom. The van der Waals surface area contributed by atoms with Crippen LogP contribution in [0.25, 0.3) is 6.08 Å². The van der Waals surface area contributed by atoms with Crippen molar-refractivity contribution in [3.05, 3.63) is 58.9 Å². The van der Waals surface area contributed by atoms with Crippen LogP contribution < -0.4 is 4.90 Å². The number of carbonyl (C=O) groups is 1. The first-order valence-corrected chi connectivity index (χ1v) is 8.07. The first-order valence-electron chi connectivity index (χ1n) is 8.07. The number of nitrogens with zero attached hydrogens (tertiary/aromatic N) is 3. The van der Waals surface area contributed by atoms with E-state index in [9.17, 15) is 4.79 Å². The number of benzene rings is 1. The monoisotopic (exact) mass is 323 g/mol. The minimum Gasteiger partial charge on any atom is -0.378 e. The molecule has 0 N–H and O–H groups in total. The number of ether oxygens (including phenoxy) is 1. The summed E-state index contributed by atoms with van der Waals surface area (Å²) in [4.78, 5) is 23.1. The number of ketones is 1.